The van der Waals surface area contributed by atoms with Crippen molar-refractivity contribution in [3.05, 3.63) is 199 Å². The van der Waals surface area contributed by atoms with Gasteiger partial charge in [0.15, 0.2) is 0 Å². The summed E-state index contributed by atoms with van der Waals surface area (Å²) in [6, 6.07) is 68.5. The predicted octanol–water partition coefficient (Wildman–Crippen LogP) is 13.6. The lowest BCUT2D eigenvalue weighted by molar-refractivity contribution is 0.660. The highest BCUT2D eigenvalue weighted by Crippen LogP contribution is 2.52. The van der Waals surface area contributed by atoms with Crippen molar-refractivity contribution in [1.82, 2.24) is 0 Å². The van der Waals surface area contributed by atoms with E-state index in [1.807, 2.05) is 0 Å². The smallest absolute Gasteiger partial charge is 0.0540 e. The quantitative estimate of drug-likeness (QED) is 0.175. The normalized spacial score (nSPS) is 12.8. The molecule has 0 bridgehead atoms. The molecule has 0 fully saturated rings. The summed E-state index contributed by atoms with van der Waals surface area (Å²) in [5.41, 5.74) is 16.2. The third kappa shape index (κ3) is 4.94. The lowest BCUT2D eigenvalue weighted by atomic mass is 9.82. The van der Waals surface area contributed by atoms with Gasteiger partial charge in [0.05, 0.1) is 11.4 Å². The van der Waals surface area contributed by atoms with E-state index in [1.54, 1.807) is 0 Å². The number of nitrogens with zero attached hydrogens (tertiary/aromatic N) is 1. The van der Waals surface area contributed by atoms with E-state index in [0.29, 0.717) is 0 Å². The van der Waals surface area contributed by atoms with Crippen LogP contribution in [0.1, 0.15) is 25.0 Å². The van der Waals surface area contributed by atoms with Gasteiger partial charge in [-0.2, -0.15) is 0 Å². The SMILES string of the molecule is CC1(C)c2ccccc2-c2c(-c3ccc(N(c4ccccc4-c4cccc(-c5ccccc5)c4)c4cccc5ccccc45)cc3)cccc21. The molecule has 0 N–H and O–H groups in total. The Morgan fingerprint density at radius 1 is 0.380 bits per heavy atom. The third-order valence-corrected chi connectivity index (χ3v) is 10.5. The molecule has 0 saturated heterocycles. The van der Waals surface area contributed by atoms with Gasteiger partial charge >= 0.3 is 0 Å². The molecule has 0 radical (unpaired) electrons. The van der Waals surface area contributed by atoms with Crippen molar-refractivity contribution >= 4 is 27.8 Å². The maximum Gasteiger partial charge on any atom is 0.0540 e. The van der Waals surface area contributed by atoms with Crippen molar-refractivity contribution in [1.29, 1.82) is 0 Å². The molecule has 9 rings (SSSR count). The van der Waals surface area contributed by atoms with Crippen LogP contribution < -0.4 is 4.90 Å². The average molecular weight is 640 g/mol. The van der Waals surface area contributed by atoms with Crippen LogP contribution in [0, 0.1) is 0 Å². The van der Waals surface area contributed by atoms with E-state index in [0.717, 1.165) is 17.1 Å². The van der Waals surface area contributed by atoms with Crippen LogP contribution in [0.3, 0.4) is 0 Å². The van der Waals surface area contributed by atoms with Crippen LogP contribution in [0.25, 0.3) is 55.3 Å². The second-order valence-corrected chi connectivity index (χ2v) is 13.7. The van der Waals surface area contributed by atoms with Gasteiger partial charge in [-0.1, -0.05) is 172 Å². The lowest BCUT2D eigenvalue weighted by Crippen LogP contribution is -2.14. The largest absolute Gasteiger partial charge is 0.309 e. The fraction of sp³-hybridized carbons (Fsp3) is 0.0612. The van der Waals surface area contributed by atoms with E-state index < -0.39 is 0 Å². The summed E-state index contributed by atoms with van der Waals surface area (Å²) in [4.78, 5) is 2.43. The molecule has 0 spiro atoms. The first-order valence-corrected chi connectivity index (χ1v) is 17.4. The van der Waals surface area contributed by atoms with Gasteiger partial charge in [0.25, 0.3) is 0 Å². The van der Waals surface area contributed by atoms with Gasteiger partial charge in [-0.15, -0.1) is 0 Å². The van der Waals surface area contributed by atoms with Gasteiger partial charge in [-0.3, -0.25) is 0 Å². The Bertz CT molecular complexity index is 2500. The number of benzene rings is 8. The molecule has 1 nitrogen and oxygen atoms in total. The van der Waals surface area contributed by atoms with Crippen molar-refractivity contribution in [3.8, 4) is 44.5 Å². The van der Waals surface area contributed by atoms with Crippen molar-refractivity contribution < 1.29 is 0 Å². The zero-order valence-corrected chi connectivity index (χ0v) is 28.3. The molecular formula is C49H37N. The molecule has 8 aromatic carbocycles. The van der Waals surface area contributed by atoms with Crippen LogP contribution in [0.2, 0.25) is 0 Å². The van der Waals surface area contributed by atoms with Gasteiger partial charge < -0.3 is 4.90 Å². The van der Waals surface area contributed by atoms with Crippen LogP contribution in [-0.4, -0.2) is 0 Å². The second kappa shape index (κ2) is 12.1. The summed E-state index contributed by atoms with van der Waals surface area (Å²) in [7, 11) is 0. The van der Waals surface area contributed by atoms with Crippen molar-refractivity contribution in [3.63, 3.8) is 0 Å². The van der Waals surface area contributed by atoms with Crippen molar-refractivity contribution in [2.75, 3.05) is 4.90 Å². The molecule has 1 aliphatic rings. The zero-order valence-electron chi connectivity index (χ0n) is 28.3. The second-order valence-electron chi connectivity index (χ2n) is 13.7. The van der Waals surface area contributed by atoms with Crippen LogP contribution in [0.5, 0.6) is 0 Å². The van der Waals surface area contributed by atoms with E-state index in [9.17, 15) is 0 Å². The number of hydrogen-bond acceptors (Lipinski definition) is 1. The van der Waals surface area contributed by atoms with Crippen LogP contribution >= 0.6 is 0 Å². The molecule has 0 saturated carbocycles. The monoisotopic (exact) mass is 639 g/mol. The summed E-state index contributed by atoms with van der Waals surface area (Å²) in [6.07, 6.45) is 0. The topological polar surface area (TPSA) is 3.24 Å². The molecule has 1 aliphatic carbocycles. The van der Waals surface area contributed by atoms with Crippen molar-refractivity contribution in [2.24, 2.45) is 0 Å². The summed E-state index contributed by atoms with van der Waals surface area (Å²) >= 11 is 0. The van der Waals surface area contributed by atoms with E-state index in [4.69, 9.17) is 0 Å². The Morgan fingerprint density at radius 2 is 0.960 bits per heavy atom. The fourth-order valence-electron chi connectivity index (χ4n) is 8.01. The molecule has 1 heteroatoms. The molecule has 50 heavy (non-hydrogen) atoms. The average Bonchev–Trinajstić information content (AvgIpc) is 3.42. The van der Waals surface area contributed by atoms with E-state index in [1.165, 1.54) is 66.4 Å². The Kier molecular flexibility index (Phi) is 7.21. The number of para-hydroxylation sites is 1. The predicted molar refractivity (Wildman–Crippen MR) is 213 cm³/mol. The highest BCUT2D eigenvalue weighted by atomic mass is 15.1. The molecule has 0 amide bonds. The third-order valence-electron chi connectivity index (χ3n) is 10.5. The Morgan fingerprint density at radius 3 is 1.82 bits per heavy atom. The fourth-order valence-corrected chi connectivity index (χ4v) is 8.01. The van der Waals surface area contributed by atoms with Gasteiger partial charge in [0, 0.05) is 22.1 Å². The molecule has 0 heterocycles. The van der Waals surface area contributed by atoms with Crippen molar-refractivity contribution in [2.45, 2.75) is 19.3 Å². The van der Waals surface area contributed by atoms with E-state index in [2.05, 4.69) is 207 Å². The van der Waals surface area contributed by atoms with Gasteiger partial charge in [-0.05, 0) is 85.8 Å². The van der Waals surface area contributed by atoms with E-state index >= 15 is 0 Å². The molecule has 0 atom stereocenters. The maximum absolute atomic E-state index is 2.43. The number of rotatable bonds is 6. The standard InChI is InChI=1S/C49H37N/c1-49(2)44-25-10-8-23-43(44)48-42(24-14-26-45(48)49)36-29-31-39(32-30-36)50(47-28-13-18-35-17-6-7-21-40(35)47)46-27-11-9-22-41(46)38-20-12-19-37(33-38)34-15-4-3-5-16-34/h3-33H,1-2H3. The van der Waals surface area contributed by atoms with Gasteiger partial charge in [-0.25, -0.2) is 0 Å². The van der Waals surface area contributed by atoms with E-state index in [-0.39, 0.29) is 5.41 Å². The lowest BCUT2D eigenvalue weighted by Gasteiger charge is -2.29. The maximum atomic E-state index is 2.43. The minimum Gasteiger partial charge on any atom is -0.309 e. The number of anilines is 3. The summed E-state index contributed by atoms with van der Waals surface area (Å²) in [5, 5.41) is 2.43. The van der Waals surface area contributed by atoms with Gasteiger partial charge in [0.2, 0.25) is 0 Å². The summed E-state index contributed by atoms with van der Waals surface area (Å²) in [6.45, 7) is 4.69. The van der Waals surface area contributed by atoms with Gasteiger partial charge in [0.1, 0.15) is 0 Å². The van der Waals surface area contributed by atoms with Crippen LogP contribution in [0.4, 0.5) is 17.1 Å². The Balaban J connectivity index is 1.21. The highest BCUT2D eigenvalue weighted by molar-refractivity contribution is 6.01. The summed E-state index contributed by atoms with van der Waals surface area (Å²) in [5.74, 6) is 0. The molecule has 0 aliphatic heterocycles. The molecule has 0 aromatic heterocycles. The zero-order chi connectivity index (χ0) is 33.7. The first kappa shape index (κ1) is 29.9. The first-order chi connectivity index (χ1) is 24.6. The number of hydrogen-bond donors (Lipinski definition) is 0. The highest BCUT2D eigenvalue weighted by Gasteiger charge is 2.36. The minimum atomic E-state index is -0.0332. The Labute approximate surface area is 294 Å². The molecule has 8 aromatic rings. The summed E-state index contributed by atoms with van der Waals surface area (Å²) < 4.78 is 0. The number of fused-ring (bicyclic) bond motifs is 4. The first-order valence-electron chi connectivity index (χ1n) is 17.4. The molecule has 238 valence electrons. The molecular weight excluding hydrogens is 603 g/mol. The van der Waals surface area contributed by atoms with Crippen LogP contribution in [0.15, 0.2) is 188 Å². The molecule has 0 unspecified atom stereocenters. The Hall–Kier alpha value is -6.18. The van der Waals surface area contributed by atoms with Crippen LogP contribution in [-0.2, 0) is 5.41 Å². The minimum absolute atomic E-state index is 0.0332.